The van der Waals surface area contributed by atoms with Gasteiger partial charge in [0.15, 0.2) is 0 Å². The summed E-state index contributed by atoms with van der Waals surface area (Å²) < 4.78 is 9.51. The Bertz CT molecular complexity index is 1010. The maximum Gasteiger partial charge on any atom is 0.335 e. The third kappa shape index (κ3) is 4.31. The second kappa shape index (κ2) is 7.81. The molecule has 0 aromatic heterocycles. The summed E-state index contributed by atoms with van der Waals surface area (Å²) in [7, 11) is 0. The van der Waals surface area contributed by atoms with Crippen molar-refractivity contribution in [1.29, 1.82) is 5.26 Å². The number of rotatable bonds is 7. The normalized spacial score (nSPS) is 17.1. The number of carboxylic acid groups (broad SMARTS) is 1. The zero-order valence-corrected chi connectivity index (χ0v) is 17.6. The molecule has 5 nitrogen and oxygen atoms in total. The van der Waals surface area contributed by atoms with Crippen molar-refractivity contribution >= 4 is 35.2 Å². The molecule has 0 atom stereocenters. The number of ether oxygens (including phenoxy) is 1. The van der Waals surface area contributed by atoms with Gasteiger partial charge in [-0.1, -0.05) is 17.7 Å². The summed E-state index contributed by atoms with van der Waals surface area (Å²) >= 11 is 7.58. The van der Waals surface area contributed by atoms with Gasteiger partial charge in [-0.25, -0.2) is 4.79 Å². The van der Waals surface area contributed by atoms with Crippen LogP contribution in [0.2, 0.25) is 5.02 Å². The Kier molecular flexibility index (Phi) is 5.37. The minimum absolute atomic E-state index is 0.221. The van der Waals surface area contributed by atoms with Crippen LogP contribution in [0.4, 0.5) is 5.69 Å². The van der Waals surface area contributed by atoms with Crippen LogP contribution in [0, 0.1) is 11.3 Å². The van der Waals surface area contributed by atoms with Crippen molar-refractivity contribution in [3.05, 3.63) is 52.0 Å². The first-order valence-corrected chi connectivity index (χ1v) is 10.8. The van der Waals surface area contributed by atoms with Crippen LogP contribution in [0.15, 0.2) is 35.2 Å². The Morgan fingerprint density at radius 2 is 2.10 bits per heavy atom. The van der Waals surface area contributed by atoms with Gasteiger partial charge in [0.05, 0.1) is 21.8 Å². The minimum atomic E-state index is -0.950. The lowest BCUT2D eigenvalue weighted by Gasteiger charge is -2.39. The van der Waals surface area contributed by atoms with Crippen LogP contribution in [0.25, 0.3) is 0 Å². The molecule has 0 amide bonds. The molecule has 2 N–H and O–H groups in total. The number of benzene rings is 2. The number of nitrogens with one attached hydrogen (secondary N) is 1. The molecule has 2 fully saturated rings. The van der Waals surface area contributed by atoms with Crippen molar-refractivity contribution in [2.75, 3.05) is 4.72 Å². The molecule has 0 aliphatic heterocycles. The minimum Gasteiger partial charge on any atom is -0.485 e. The summed E-state index contributed by atoms with van der Waals surface area (Å²) in [6, 6.07) is 10.7. The second-order valence-corrected chi connectivity index (χ2v) is 9.14. The first kappa shape index (κ1) is 19.9. The van der Waals surface area contributed by atoms with Crippen molar-refractivity contribution < 1.29 is 14.6 Å². The molecule has 4 rings (SSSR count). The largest absolute Gasteiger partial charge is 0.485 e. The van der Waals surface area contributed by atoms with E-state index < -0.39 is 5.97 Å². The summed E-state index contributed by atoms with van der Waals surface area (Å²) in [5.74, 6) is 0.132. The van der Waals surface area contributed by atoms with E-state index in [4.69, 9.17) is 16.3 Å². The molecule has 2 aliphatic carbocycles. The van der Waals surface area contributed by atoms with E-state index in [0.717, 1.165) is 42.6 Å². The number of hydrogen-bond donors (Lipinski definition) is 2. The summed E-state index contributed by atoms with van der Waals surface area (Å²) in [5, 5.41) is 19.1. The summed E-state index contributed by atoms with van der Waals surface area (Å²) in [5.41, 5.74) is 2.21. The van der Waals surface area contributed by atoms with Crippen molar-refractivity contribution in [3.8, 4) is 11.8 Å². The van der Waals surface area contributed by atoms with E-state index in [2.05, 4.69) is 17.7 Å². The summed E-state index contributed by atoms with van der Waals surface area (Å²) in [4.78, 5) is 12.3. The highest BCUT2D eigenvalue weighted by atomic mass is 35.5. The molecule has 0 unspecified atom stereocenters. The average Bonchev–Trinajstić information content (AvgIpc) is 3.51. The highest BCUT2D eigenvalue weighted by Gasteiger charge is 2.35. The van der Waals surface area contributed by atoms with E-state index in [9.17, 15) is 15.2 Å². The molecule has 0 spiro atoms. The molecule has 2 aromatic rings. The molecule has 29 heavy (non-hydrogen) atoms. The molecule has 2 aliphatic rings. The highest BCUT2D eigenvalue weighted by molar-refractivity contribution is 8.00. The summed E-state index contributed by atoms with van der Waals surface area (Å²) in [6.45, 7) is 2.07. The number of halogens is 1. The van der Waals surface area contributed by atoms with E-state index in [0.29, 0.717) is 27.9 Å². The number of carboxylic acids is 1. The summed E-state index contributed by atoms with van der Waals surface area (Å²) in [6.07, 6.45) is 5.32. The van der Waals surface area contributed by atoms with Crippen molar-refractivity contribution in [3.63, 3.8) is 0 Å². The molecule has 0 radical (unpaired) electrons. The van der Waals surface area contributed by atoms with E-state index in [1.54, 1.807) is 24.3 Å². The van der Waals surface area contributed by atoms with Crippen LogP contribution in [0.3, 0.4) is 0 Å². The van der Waals surface area contributed by atoms with Gasteiger partial charge in [0.25, 0.3) is 0 Å². The fraction of sp³-hybridized carbons (Fsp3) is 0.364. The van der Waals surface area contributed by atoms with Gasteiger partial charge >= 0.3 is 5.97 Å². The van der Waals surface area contributed by atoms with Crippen molar-refractivity contribution in [2.45, 2.75) is 55.4 Å². The molecule has 2 aromatic carbocycles. The van der Waals surface area contributed by atoms with Crippen LogP contribution < -0.4 is 9.46 Å². The third-order valence-corrected chi connectivity index (χ3v) is 6.71. The average molecular weight is 429 g/mol. The lowest BCUT2D eigenvalue weighted by Crippen LogP contribution is -2.39. The predicted octanol–water partition coefficient (Wildman–Crippen LogP) is 6.23. The highest BCUT2D eigenvalue weighted by Crippen LogP contribution is 2.46. The molecule has 0 saturated heterocycles. The van der Waals surface area contributed by atoms with Gasteiger partial charge in [-0.3, -0.25) is 0 Å². The van der Waals surface area contributed by atoms with Crippen LogP contribution in [0.1, 0.15) is 66.4 Å². The van der Waals surface area contributed by atoms with Gasteiger partial charge in [-0.05, 0) is 80.7 Å². The molecule has 2 saturated carbocycles. The Labute approximate surface area is 179 Å². The topological polar surface area (TPSA) is 82.3 Å². The molecule has 0 heterocycles. The zero-order valence-electron chi connectivity index (χ0n) is 16.0. The number of hydrogen-bond acceptors (Lipinski definition) is 5. The Hall–Kier alpha value is -2.36. The fourth-order valence-electron chi connectivity index (χ4n) is 3.44. The van der Waals surface area contributed by atoms with E-state index in [1.165, 1.54) is 11.9 Å². The van der Waals surface area contributed by atoms with Crippen LogP contribution in [-0.2, 0) is 0 Å². The molecular weight excluding hydrogens is 408 g/mol. The van der Waals surface area contributed by atoms with Gasteiger partial charge in [0.1, 0.15) is 17.4 Å². The lowest BCUT2D eigenvalue weighted by molar-refractivity contribution is 0.0120. The zero-order chi connectivity index (χ0) is 20.6. The second-order valence-electron chi connectivity index (χ2n) is 7.88. The number of anilines is 1. The van der Waals surface area contributed by atoms with E-state index >= 15 is 0 Å². The fourth-order valence-corrected chi connectivity index (χ4v) is 4.56. The Morgan fingerprint density at radius 3 is 2.69 bits per heavy atom. The van der Waals surface area contributed by atoms with E-state index in [1.807, 2.05) is 6.07 Å². The third-order valence-electron chi connectivity index (χ3n) is 5.51. The van der Waals surface area contributed by atoms with Crippen molar-refractivity contribution in [2.24, 2.45) is 0 Å². The Morgan fingerprint density at radius 1 is 1.34 bits per heavy atom. The van der Waals surface area contributed by atoms with Gasteiger partial charge < -0.3 is 14.6 Å². The maximum absolute atomic E-state index is 11.4. The first-order valence-electron chi connectivity index (χ1n) is 9.61. The van der Waals surface area contributed by atoms with Gasteiger partial charge in [0, 0.05) is 11.0 Å². The number of aromatic carboxylic acids is 1. The number of carbonyl (C=O) groups is 1. The molecule has 0 bridgehead atoms. The molecular formula is C22H21ClN2O3S. The lowest BCUT2D eigenvalue weighted by atomic mass is 9.82. The van der Waals surface area contributed by atoms with Crippen LogP contribution >= 0.6 is 23.5 Å². The predicted molar refractivity (Wildman–Crippen MR) is 114 cm³/mol. The van der Waals surface area contributed by atoms with Gasteiger partial charge in [-0.2, -0.15) is 5.26 Å². The smallest absolute Gasteiger partial charge is 0.335 e. The standard InChI is InChI=1S/C22H21ClN2O3S/c1-22(7-2-8-22)28-19-11-17(23)15(12-24)9-18(19)25-29-20-10-14(21(26)27)5-6-16(20)13-3-4-13/h5-6,9-11,13,25H,2-4,7-8H2,1H3,(H,26,27). The van der Waals surface area contributed by atoms with Gasteiger partial charge in [-0.15, -0.1) is 0 Å². The van der Waals surface area contributed by atoms with Crippen molar-refractivity contribution in [1.82, 2.24) is 0 Å². The number of nitrogens with zero attached hydrogens (tertiary/aromatic N) is 1. The maximum atomic E-state index is 11.4. The SMILES string of the molecule is CC1(Oc2cc(Cl)c(C#N)cc2NSc2cc(C(=O)O)ccc2C2CC2)CCC1. The molecule has 7 heteroatoms. The van der Waals surface area contributed by atoms with E-state index in [-0.39, 0.29) is 11.2 Å². The monoisotopic (exact) mass is 428 g/mol. The Balaban J connectivity index is 1.63. The quantitative estimate of drug-likeness (QED) is 0.509. The van der Waals surface area contributed by atoms with Crippen LogP contribution in [0.5, 0.6) is 5.75 Å². The molecule has 150 valence electrons. The van der Waals surface area contributed by atoms with Gasteiger partial charge in [0.2, 0.25) is 0 Å². The number of nitriles is 1. The van der Waals surface area contributed by atoms with Crippen LogP contribution in [-0.4, -0.2) is 16.7 Å². The first-order chi connectivity index (χ1) is 13.9.